The lowest BCUT2D eigenvalue weighted by Crippen LogP contribution is -2.14. The highest BCUT2D eigenvalue weighted by Crippen LogP contribution is 2.29. The average Bonchev–Trinajstić information content (AvgIpc) is 3.23. The predicted molar refractivity (Wildman–Crippen MR) is 124 cm³/mol. The van der Waals surface area contributed by atoms with Crippen molar-refractivity contribution in [2.75, 3.05) is 18.2 Å². The van der Waals surface area contributed by atoms with Crippen molar-refractivity contribution in [3.05, 3.63) is 84.2 Å². The van der Waals surface area contributed by atoms with Crippen LogP contribution < -0.4 is 10.1 Å². The van der Waals surface area contributed by atoms with E-state index in [1.807, 2.05) is 60.0 Å². The van der Waals surface area contributed by atoms with Crippen LogP contribution in [0.2, 0.25) is 0 Å². The molecular weight excluding hydrogens is 427 g/mol. The number of carbonyl (C=O) groups is 1. The topological polar surface area (TPSA) is 69.0 Å². The number of anilines is 1. The third kappa shape index (κ3) is 4.97. The van der Waals surface area contributed by atoms with Gasteiger partial charge in [-0.25, -0.2) is 4.39 Å². The number of nitrogens with one attached hydrogen (secondary N) is 1. The molecule has 0 saturated carbocycles. The molecule has 0 saturated heterocycles. The minimum atomic E-state index is -0.353. The minimum Gasteiger partial charge on any atom is -0.497 e. The highest BCUT2D eigenvalue weighted by molar-refractivity contribution is 7.99. The highest BCUT2D eigenvalue weighted by Gasteiger charge is 2.17. The lowest BCUT2D eigenvalue weighted by molar-refractivity contribution is -0.113. The lowest BCUT2D eigenvalue weighted by atomic mass is 10.1. The van der Waals surface area contributed by atoms with Crippen LogP contribution in [0.15, 0.2) is 78.0 Å². The number of aromatic nitrogens is 3. The van der Waals surface area contributed by atoms with Crippen LogP contribution in [0, 0.1) is 12.7 Å². The van der Waals surface area contributed by atoms with Crippen molar-refractivity contribution in [1.29, 1.82) is 0 Å². The number of amides is 1. The molecule has 4 rings (SSSR count). The number of rotatable bonds is 7. The zero-order valence-corrected chi connectivity index (χ0v) is 18.4. The van der Waals surface area contributed by atoms with Crippen molar-refractivity contribution in [2.45, 2.75) is 12.1 Å². The Morgan fingerprint density at radius 2 is 1.81 bits per heavy atom. The van der Waals surface area contributed by atoms with Crippen LogP contribution >= 0.6 is 11.8 Å². The minimum absolute atomic E-state index is 0.124. The van der Waals surface area contributed by atoms with Crippen LogP contribution in [0.5, 0.6) is 5.75 Å². The number of hydrogen-bond acceptors (Lipinski definition) is 5. The van der Waals surface area contributed by atoms with Gasteiger partial charge in [0.25, 0.3) is 0 Å². The second-order valence-corrected chi connectivity index (χ2v) is 8.00. The van der Waals surface area contributed by atoms with Crippen molar-refractivity contribution in [3.63, 3.8) is 0 Å². The number of aryl methyl sites for hydroxylation is 1. The van der Waals surface area contributed by atoms with Gasteiger partial charge in [-0.1, -0.05) is 35.5 Å². The van der Waals surface area contributed by atoms with Gasteiger partial charge >= 0.3 is 0 Å². The predicted octanol–water partition coefficient (Wildman–Crippen LogP) is 5.12. The molecule has 0 radical (unpaired) electrons. The van der Waals surface area contributed by atoms with E-state index in [1.54, 1.807) is 7.11 Å². The first-order valence-corrected chi connectivity index (χ1v) is 10.9. The fraction of sp³-hybridized carbons (Fsp3) is 0.125. The van der Waals surface area contributed by atoms with Gasteiger partial charge in [-0.05, 0) is 61.5 Å². The van der Waals surface area contributed by atoms with Gasteiger partial charge in [-0.2, -0.15) is 0 Å². The molecule has 162 valence electrons. The smallest absolute Gasteiger partial charge is 0.234 e. The Labute approximate surface area is 189 Å². The number of hydrogen-bond donors (Lipinski definition) is 1. The van der Waals surface area contributed by atoms with Crippen LogP contribution in [0.25, 0.3) is 17.1 Å². The van der Waals surface area contributed by atoms with E-state index in [2.05, 4.69) is 15.5 Å². The lowest BCUT2D eigenvalue weighted by Gasteiger charge is -2.11. The van der Waals surface area contributed by atoms with Gasteiger partial charge in [-0.3, -0.25) is 9.36 Å². The molecule has 4 aromatic rings. The van der Waals surface area contributed by atoms with E-state index in [0.717, 1.165) is 22.6 Å². The van der Waals surface area contributed by atoms with Gasteiger partial charge in [-0.15, -0.1) is 10.2 Å². The molecule has 1 amide bonds. The summed E-state index contributed by atoms with van der Waals surface area (Å²) in [6.07, 6.45) is 0. The summed E-state index contributed by atoms with van der Waals surface area (Å²) in [4.78, 5) is 12.4. The summed E-state index contributed by atoms with van der Waals surface area (Å²) >= 11 is 1.27. The van der Waals surface area contributed by atoms with Gasteiger partial charge in [0.1, 0.15) is 11.6 Å². The second kappa shape index (κ2) is 9.65. The van der Waals surface area contributed by atoms with Crippen molar-refractivity contribution < 1.29 is 13.9 Å². The maximum atomic E-state index is 13.1. The van der Waals surface area contributed by atoms with Gasteiger partial charge in [0.2, 0.25) is 5.91 Å². The van der Waals surface area contributed by atoms with Crippen LogP contribution in [-0.2, 0) is 4.79 Å². The Kier molecular flexibility index (Phi) is 6.51. The van der Waals surface area contributed by atoms with Gasteiger partial charge < -0.3 is 10.1 Å². The molecular formula is C24H21FN4O2S. The first kappa shape index (κ1) is 21.6. The first-order chi connectivity index (χ1) is 15.5. The number of halogens is 1. The zero-order valence-electron chi connectivity index (χ0n) is 17.6. The quantitative estimate of drug-likeness (QED) is 0.398. The number of ether oxygens (including phenoxy) is 1. The van der Waals surface area contributed by atoms with E-state index in [0.29, 0.717) is 16.7 Å². The molecule has 32 heavy (non-hydrogen) atoms. The molecule has 8 heteroatoms. The molecule has 0 aliphatic heterocycles. The van der Waals surface area contributed by atoms with Crippen molar-refractivity contribution in [3.8, 4) is 22.8 Å². The second-order valence-electron chi connectivity index (χ2n) is 7.05. The summed E-state index contributed by atoms with van der Waals surface area (Å²) in [6.45, 7) is 2.02. The van der Waals surface area contributed by atoms with E-state index >= 15 is 0 Å². The van der Waals surface area contributed by atoms with E-state index in [1.165, 1.54) is 36.0 Å². The highest BCUT2D eigenvalue weighted by atomic mass is 32.2. The van der Waals surface area contributed by atoms with Gasteiger partial charge in [0.15, 0.2) is 11.0 Å². The summed E-state index contributed by atoms with van der Waals surface area (Å²) in [5, 5.41) is 12.1. The maximum absolute atomic E-state index is 13.1. The first-order valence-electron chi connectivity index (χ1n) is 9.88. The molecule has 0 unspecified atom stereocenters. The summed E-state index contributed by atoms with van der Waals surface area (Å²) in [5.41, 5.74) is 3.43. The molecule has 0 fully saturated rings. The van der Waals surface area contributed by atoms with E-state index < -0.39 is 0 Å². The summed E-state index contributed by atoms with van der Waals surface area (Å²) in [7, 11) is 1.62. The van der Waals surface area contributed by atoms with Crippen LogP contribution in [0.1, 0.15) is 5.56 Å². The monoisotopic (exact) mass is 448 g/mol. The van der Waals surface area contributed by atoms with Crippen LogP contribution in [0.3, 0.4) is 0 Å². The average molecular weight is 449 g/mol. The molecule has 3 aromatic carbocycles. The Balaban J connectivity index is 1.61. The number of carbonyl (C=O) groups excluding carboxylic acids is 1. The molecule has 0 spiro atoms. The largest absolute Gasteiger partial charge is 0.497 e. The summed E-state index contributed by atoms with van der Waals surface area (Å²) in [5.74, 6) is 0.975. The van der Waals surface area contributed by atoms with Crippen molar-refractivity contribution >= 4 is 23.4 Å². The number of methoxy groups -OCH3 is 1. The van der Waals surface area contributed by atoms with E-state index in [4.69, 9.17) is 4.74 Å². The number of nitrogens with zero attached hydrogens (tertiary/aromatic N) is 3. The van der Waals surface area contributed by atoms with E-state index in [-0.39, 0.29) is 17.5 Å². The Hall–Kier alpha value is -3.65. The standard InChI is InChI=1S/C24H21FN4O2S/c1-16-4-3-5-17(14-16)23-27-28-24(29(23)20-10-12-21(31-2)13-11-20)32-15-22(30)26-19-8-6-18(25)7-9-19/h3-14H,15H2,1-2H3,(H,26,30). The normalized spacial score (nSPS) is 10.7. The zero-order chi connectivity index (χ0) is 22.5. The molecule has 0 aliphatic carbocycles. The van der Waals surface area contributed by atoms with E-state index in [9.17, 15) is 9.18 Å². The third-order valence-corrected chi connectivity index (χ3v) is 5.63. The van der Waals surface area contributed by atoms with Crippen molar-refractivity contribution in [1.82, 2.24) is 14.8 Å². The summed E-state index contributed by atoms with van der Waals surface area (Å²) in [6, 6.07) is 21.2. The SMILES string of the molecule is COc1ccc(-n2c(SCC(=O)Nc3ccc(F)cc3)nnc2-c2cccc(C)c2)cc1. The van der Waals surface area contributed by atoms with Crippen LogP contribution in [-0.4, -0.2) is 33.5 Å². The Morgan fingerprint density at radius 3 is 2.50 bits per heavy atom. The fourth-order valence-electron chi connectivity index (χ4n) is 3.16. The molecule has 6 nitrogen and oxygen atoms in total. The number of benzene rings is 3. The van der Waals surface area contributed by atoms with Crippen molar-refractivity contribution in [2.24, 2.45) is 0 Å². The van der Waals surface area contributed by atoms with Gasteiger partial charge in [0.05, 0.1) is 12.9 Å². The molecule has 1 N–H and O–H groups in total. The Morgan fingerprint density at radius 1 is 1.06 bits per heavy atom. The molecule has 0 bridgehead atoms. The Bertz CT molecular complexity index is 1220. The fourth-order valence-corrected chi connectivity index (χ4v) is 3.91. The third-order valence-electron chi connectivity index (χ3n) is 4.70. The molecule has 0 aliphatic rings. The number of thioether (sulfide) groups is 1. The molecule has 1 aromatic heterocycles. The maximum Gasteiger partial charge on any atom is 0.234 e. The van der Waals surface area contributed by atoms with Gasteiger partial charge in [0, 0.05) is 16.9 Å². The summed E-state index contributed by atoms with van der Waals surface area (Å²) < 4.78 is 20.3. The molecule has 1 heterocycles. The molecule has 0 atom stereocenters. The van der Waals surface area contributed by atoms with Crippen LogP contribution in [0.4, 0.5) is 10.1 Å².